The normalized spacial score (nSPS) is 12.5. The number of nitrogens with zero attached hydrogens (tertiary/aromatic N) is 1. The van der Waals surface area contributed by atoms with E-state index in [0.29, 0.717) is 16.4 Å². The Kier molecular flexibility index (Phi) is 4.09. The highest BCUT2D eigenvalue weighted by molar-refractivity contribution is 6.18. The molecule has 5 rings (SSSR count). The van der Waals surface area contributed by atoms with Crippen LogP contribution in [0.4, 0.5) is 0 Å². The Morgan fingerprint density at radius 1 is 0.968 bits per heavy atom. The van der Waals surface area contributed by atoms with Gasteiger partial charge in [-0.25, -0.2) is 0 Å². The number of allylic oxidation sites excluding steroid dienone is 5. The highest BCUT2D eigenvalue weighted by atomic mass is 16.5. The van der Waals surface area contributed by atoms with Gasteiger partial charge in [-0.15, -0.1) is 0 Å². The maximum Gasteiger partial charge on any atom is 0.263 e. The van der Waals surface area contributed by atoms with Gasteiger partial charge in [0.15, 0.2) is 0 Å². The highest BCUT2D eigenvalue weighted by Crippen LogP contribution is 2.48. The Morgan fingerprint density at radius 2 is 1.71 bits per heavy atom. The number of hydrogen-bond donors (Lipinski definition) is 0. The van der Waals surface area contributed by atoms with Crippen molar-refractivity contribution < 1.29 is 4.74 Å². The summed E-state index contributed by atoms with van der Waals surface area (Å²) in [5.74, 6) is 1.52. The lowest BCUT2D eigenvalue weighted by atomic mass is 9.89. The van der Waals surface area contributed by atoms with E-state index in [1.807, 2.05) is 55.5 Å². The fourth-order valence-corrected chi connectivity index (χ4v) is 4.50. The number of ether oxygens (including phenoxy) is 1. The van der Waals surface area contributed by atoms with Crippen molar-refractivity contribution in [2.75, 3.05) is 0 Å². The molecule has 150 valence electrons. The second kappa shape index (κ2) is 6.71. The van der Waals surface area contributed by atoms with Crippen LogP contribution in [0.15, 0.2) is 85.2 Å². The van der Waals surface area contributed by atoms with Crippen molar-refractivity contribution in [3.63, 3.8) is 0 Å². The standard InChI is InChI=1S/C28H21NO2/c1-6-8-18(7-2)19-9-13-24-23(15-19)21-10-11-22-26-20(12-14-25(31-24)27(21)26)17(5)29(16(3)4)28(22)30/h6-15H,1-3,5H2,4H3/b18-8+. The summed E-state index contributed by atoms with van der Waals surface area (Å²) in [5.41, 5.74) is 4.54. The first kappa shape index (κ1) is 18.9. The quantitative estimate of drug-likeness (QED) is 0.330. The van der Waals surface area contributed by atoms with Gasteiger partial charge in [0.2, 0.25) is 0 Å². The number of aromatic nitrogens is 1. The molecule has 0 aliphatic carbocycles. The van der Waals surface area contributed by atoms with E-state index >= 15 is 0 Å². The lowest BCUT2D eigenvalue weighted by Gasteiger charge is -2.24. The first-order valence-electron chi connectivity index (χ1n) is 10.0. The zero-order valence-corrected chi connectivity index (χ0v) is 17.4. The summed E-state index contributed by atoms with van der Waals surface area (Å²) in [4.78, 5) is 13.2. The second-order valence-corrected chi connectivity index (χ2v) is 7.72. The van der Waals surface area contributed by atoms with Crippen LogP contribution in [-0.2, 0) is 0 Å². The Morgan fingerprint density at radius 3 is 2.42 bits per heavy atom. The van der Waals surface area contributed by atoms with Crippen molar-refractivity contribution >= 4 is 39.4 Å². The van der Waals surface area contributed by atoms with E-state index in [4.69, 9.17) is 4.74 Å². The number of benzene rings is 3. The van der Waals surface area contributed by atoms with E-state index in [1.54, 1.807) is 10.6 Å². The molecule has 0 saturated carbocycles. The highest BCUT2D eigenvalue weighted by Gasteiger charge is 2.24. The Hall–Kier alpha value is -4.11. The van der Waals surface area contributed by atoms with Gasteiger partial charge in [0.25, 0.3) is 5.56 Å². The molecule has 0 radical (unpaired) electrons. The number of pyridine rings is 1. The summed E-state index contributed by atoms with van der Waals surface area (Å²) in [5, 5.41) is 4.00. The molecule has 0 amide bonds. The summed E-state index contributed by atoms with van der Waals surface area (Å²) in [6.07, 6.45) is 5.49. The molecule has 4 aromatic rings. The summed E-state index contributed by atoms with van der Waals surface area (Å²) >= 11 is 0. The van der Waals surface area contributed by atoms with Crippen LogP contribution in [0, 0.1) is 0 Å². The average molecular weight is 403 g/mol. The number of rotatable bonds is 4. The largest absolute Gasteiger partial charge is 0.456 e. The monoisotopic (exact) mass is 403 g/mol. The van der Waals surface area contributed by atoms with Crippen LogP contribution >= 0.6 is 0 Å². The van der Waals surface area contributed by atoms with Crippen molar-refractivity contribution in [3.05, 3.63) is 102 Å². The van der Waals surface area contributed by atoms with Crippen LogP contribution in [0.1, 0.15) is 12.5 Å². The molecule has 0 bridgehead atoms. The van der Waals surface area contributed by atoms with Gasteiger partial charge in [-0.3, -0.25) is 9.36 Å². The van der Waals surface area contributed by atoms with Gasteiger partial charge in [-0.1, -0.05) is 56.7 Å². The summed E-state index contributed by atoms with van der Waals surface area (Å²) in [7, 11) is 0. The minimum absolute atomic E-state index is 0.115. The maximum absolute atomic E-state index is 13.2. The van der Waals surface area contributed by atoms with Gasteiger partial charge < -0.3 is 4.74 Å². The predicted molar refractivity (Wildman–Crippen MR) is 131 cm³/mol. The molecule has 1 aromatic heterocycles. The van der Waals surface area contributed by atoms with E-state index < -0.39 is 0 Å². The predicted octanol–water partition coefficient (Wildman–Crippen LogP) is 6.30. The van der Waals surface area contributed by atoms with Crippen LogP contribution in [0.5, 0.6) is 11.5 Å². The molecule has 1 aliphatic heterocycles. The molecule has 3 heteroatoms. The Balaban J connectivity index is 1.90. The van der Waals surface area contributed by atoms with E-state index in [-0.39, 0.29) is 5.56 Å². The van der Waals surface area contributed by atoms with Gasteiger partial charge >= 0.3 is 0 Å². The van der Waals surface area contributed by atoms with Crippen LogP contribution in [-0.4, -0.2) is 4.57 Å². The van der Waals surface area contributed by atoms with Gasteiger partial charge in [0.1, 0.15) is 11.5 Å². The van der Waals surface area contributed by atoms with Crippen LogP contribution in [0.2, 0.25) is 0 Å². The Labute approximate surface area is 180 Å². The van der Waals surface area contributed by atoms with Gasteiger partial charge in [-0.05, 0) is 54.0 Å². The smallest absolute Gasteiger partial charge is 0.263 e. The van der Waals surface area contributed by atoms with Crippen molar-refractivity contribution in [2.24, 2.45) is 0 Å². The average Bonchev–Trinajstić information content (AvgIpc) is 2.76. The second-order valence-electron chi connectivity index (χ2n) is 7.72. The topological polar surface area (TPSA) is 31.2 Å². The van der Waals surface area contributed by atoms with Gasteiger partial charge in [0, 0.05) is 38.2 Å². The Bertz CT molecular complexity index is 1570. The maximum atomic E-state index is 13.2. The van der Waals surface area contributed by atoms with Crippen molar-refractivity contribution in [3.8, 4) is 22.6 Å². The number of fused-ring (bicyclic) bond motifs is 2. The summed E-state index contributed by atoms with van der Waals surface area (Å²) < 4.78 is 7.84. The van der Waals surface area contributed by atoms with E-state index in [1.165, 1.54) is 0 Å². The molecule has 0 N–H and O–H groups in total. The lowest BCUT2D eigenvalue weighted by Crippen LogP contribution is -2.31. The molecule has 3 nitrogen and oxygen atoms in total. The minimum atomic E-state index is -0.115. The molecular weight excluding hydrogens is 382 g/mol. The summed E-state index contributed by atoms with van der Waals surface area (Å²) in [6.45, 7) is 17.7. The molecule has 0 saturated heterocycles. The SMILES string of the molecule is C=C/C=C(\C=C)c1ccc2c(c1)-c1ccc3c(=O)n(C(=C)C)c(=C)c4ccc(c1c43)O2. The van der Waals surface area contributed by atoms with E-state index in [0.717, 1.165) is 49.9 Å². The minimum Gasteiger partial charge on any atom is -0.456 e. The summed E-state index contributed by atoms with van der Waals surface area (Å²) in [6, 6.07) is 13.9. The molecule has 2 heterocycles. The van der Waals surface area contributed by atoms with Crippen molar-refractivity contribution in [1.82, 2.24) is 4.57 Å². The molecule has 0 fully saturated rings. The fraction of sp³-hybridized carbons (Fsp3) is 0.0357. The zero-order chi connectivity index (χ0) is 21.9. The third kappa shape index (κ3) is 2.57. The van der Waals surface area contributed by atoms with Gasteiger partial charge in [-0.2, -0.15) is 0 Å². The van der Waals surface area contributed by atoms with Crippen molar-refractivity contribution in [1.29, 1.82) is 0 Å². The molecule has 0 unspecified atom stereocenters. The molecule has 3 aromatic carbocycles. The first-order valence-corrected chi connectivity index (χ1v) is 10.0. The van der Waals surface area contributed by atoms with Crippen LogP contribution in [0.3, 0.4) is 0 Å². The third-order valence-electron chi connectivity index (χ3n) is 5.86. The fourth-order valence-electron chi connectivity index (χ4n) is 4.50. The third-order valence-corrected chi connectivity index (χ3v) is 5.86. The van der Waals surface area contributed by atoms with E-state index in [2.05, 4.69) is 32.4 Å². The van der Waals surface area contributed by atoms with Crippen LogP contribution in [0.25, 0.3) is 50.5 Å². The molecule has 31 heavy (non-hydrogen) atoms. The lowest BCUT2D eigenvalue weighted by molar-refractivity contribution is 0.487. The molecule has 0 atom stereocenters. The zero-order valence-electron chi connectivity index (χ0n) is 17.4. The van der Waals surface area contributed by atoms with E-state index in [9.17, 15) is 4.79 Å². The molecule has 0 spiro atoms. The molecular formula is C28H21NO2. The number of hydrogen-bond acceptors (Lipinski definition) is 2. The van der Waals surface area contributed by atoms with Crippen LogP contribution < -0.4 is 15.6 Å². The first-order chi connectivity index (χ1) is 15.0. The molecule has 1 aliphatic rings. The van der Waals surface area contributed by atoms with Gasteiger partial charge in [0.05, 0.1) is 0 Å². The van der Waals surface area contributed by atoms with Crippen molar-refractivity contribution in [2.45, 2.75) is 6.92 Å².